The highest BCUT2D eigenvalue weighted by Gasteiger charge is 2.03. The van der Waals surface area contributed by atoms with Gasteiger partial charge in [0.25, 0.3) is 0 Å². The van der Waals surface area contributed by atoms with Crippen LogP contribution in [0.1, 0.15) is 26.7 Å². The molecule has 0 unspecified atom stereocenters. The van der Waals surface area contributed by atoms with Gasteiger partial charge in [-0.1, -0.05) is 25.5 Å². The molecule has 0 heterocycles. The molecular formula is C13H26N4O. The summed E-state index contributed by atoms with van der Waals surface area (Å²) in [5.41, 5.74) is 1.03. The molecule has 0 aliphatic rings. The molecule has 5 heteroatoms. The lowest BCUT2D eigenvalue weighted by Crippen LogP contribution is -2.39. The zero-order chi connectivity index (χ0) is 14.0. The van der Waals surface area contributed by atoms with Crippen molar-refractivity contribution in [2.75, 3.05) is 33.7 Å². The molecule has 0 saturated heterocycles. The Bertz CT molecular complexity index is 297. The van der Waals surface area contributed by atoms with Crippen LogP contribution in [0.25, 0.3) is 0 Å². The summed E-state index contributed by atoms with van der Waals surface area (Å²) in [7, 11) is 3.45. The third-order valence-electron chi connectivity index (χ3n) is 2.25. The summed E-state index contributed by atoms with van der Waals surface area (Å²) < 4.78 is 0. The van der Waals surface area contributed by atoms with Gasteiger partial charge in [-0.3, -0.25) is 4.79 Å². The summed E-state index contributed by atoms with van der Waals surface area (Å²) in [5.74, 6) is 0.656. The summed E-state index contributed by atoms with van der Waals surface area (Å²) in [4.78, 5) is 17.2. The van der Waals surface area contributed by atoms with E-state index in [1.807, 2.05) is 6.92 Å². The largest absolute Gasteiger partial charge is 0.356 e. The van der Waals surface area contributed by atoms with Crippen LogP contribution >= 0.6 is 0 Å². The smallest absolute Gasteiger partial charge is 0.243 e. The molecule has 0 aliphatic carbocycles. The van der Waals surface area contributed by atoms with E-state index in [2.05, 4.69) is 29.1 Å². The van der Waals surface area contributed by atoms with Crippen LogP contribution in [0.5, 0.6) is 0 Å². The SMILES string of the molecule is C=C(C)CNC(=NCC(=O)N(C)C)NCCCC. The Morgan fingerprint density at radius 2 is 2.00 bits per heavy atom. The van der Waals surface area contributed by atoms with Crippen LogP contribution in [-0.2, 0) is 4.79 Å². The van der Waals surface area contributed by atoms with Crippen LogP contribution in [0.15, 0.2) is 17.1 Å². The molecule has 0 rings (SSSR count). The standard InChI is InChI=1S/C13H26N4O/c1-6-7-8-14-13(15-9-11(2)3)16-10-12(18)17(4)5/h2,6-10H2,1,3-5H3,(H2,14,15,16). The molecule has 0 bridgehead atoms. The third-order valence-corrected chi connectivity index (χ3v) is 2.25. The first kappa shape index (κ1) is 16.5. The fourth-order valence-corrected chi connectivity index (χ4v) is 1.08. The van der Waals surface area contributed by atoms with Gasteiger partial charge in [-0.05, 0) is 13.3 Å². The molecule has 0 radical (unpaired) electrons. The maximum absolute atomic E-state index is 11.5. The van der Waals surface area contributed by atoms with E-state index in [0.29, 0.717) is 12.5 Å². The zero-order valence-electron chi connectivity index (χ0n) is 12.0. The maximum atomic E-state index is 11.5. The lowest BCUT2D eigenvalue weighted by atomic mass is 10.3. The van der Waals surface area contributed by atoms with E-state index >= 15 is 0 Å². The van der Waals surface area contributed by atoms with E-state index in [1.165, 1.54) is 4.90 Å². The number of unbranched alkanes of at least 4 members (excludes halogenated alkanes) is 1. The minimum atomic E-state index is -0.0121. The van der Waals surface area contributed by atoms with Crippen LogP contribution in [-0.4, -0.2) is 50.5 Å². The van der Waals surface area contributed by atoms with Gasteiger partial charge in [-0.15, -0.1) is 0 Å². The Balaban J connectivity index is 4.29. The summed E-state index contributed by atoms with van der Waals surface area (Å²) in [6, 6.07) is 0. The summed E-state index contributed by atoms with van der Waals surface area (Å²) in [6.45, 7) is 9.58. The molecule has 1 amide bonds. The molecule has 0 aromatic heterocycles. The molecular weight excluding hydrogens is 228 g/mol. The van der Waals surface area contributed by atoms with Crippen molar-refractivity contribution in [3.8, 4) is 0 Å². The van der Waals surface area contributed by atoms with Crippen molar-refractivity contribution in [1.82, 2.24) is 15.5 Å². The molecule has 5 nitrogen and oxygen atoms in total. The van der Waals surface area contributed by atoms with E-state index in [4.69, 9.17) is 0 Å². The van der Waals surface area contributed by atoms with Gasteiger partial charge in [0, 0.05) is 27.2 Å². The van der Waals surface area contributed by atoms with E-state index in [0.717, 1.165) is 25.0 Å². The first-order valence-corrected chi connectivity index (χ1v) is 6.34. The minimum absolute atomic E-state index is 0.0121. The number of amides is 1. The quantitative estimate of drug-likeness (QED) is 0.308. The van der Waals surface area contributed by atoms with Gasteiger partial charge in [0.05, 0.1) is 0 Å². The first-order chi connectivity index (χ1) is 8.47. The number of nitrogens with zero attached hydrogens (tertiary/aromatic N) is 2. The number of carbonyl (C=O) groups is 1. The minimum Gasteiger partial charge on any atom is -0.356 e. The summed E-state index contributed by atoms with van der Waals surface area (Å²) in [5, 5.41) is 6.34. The Hall–Kier alpha value is -1.52. The third kappa shape index (κ3) is 8.61. The molecule has 0 spiro atoms. The monoisotopic (exact) mass is 254 g/mol. The Kier molecular flexibility index (Phi) is 8.70. The van der Waals surface area contributed by atoms with Gasteiger partial charge in [0.1, 0.15) is 6.54 Å². The number of hydrogen-bond acceptors (Lipinski definition) is 2. The molecule has 0 aromatic carbocycles. The number of nitrogens with one attached hydrogen (secondary N) is 2. The molecule has 18 heavy (non-hydrogen) atoms. The van der Waals surface area contributed by atoms with Crippen molar-refractivity contribution in [1.29, 1.82) is 0 Å². The summed E-state index contributed by atoms with van der Waals surface area (Å²) in [6.07, 6.45) is 2.20. The second kappa shape index (κ2) is 9.50. The highest BCUT2D eigenvalue weighted by Crippen LogP contribution is 1.87. The van der Waals surface area contributed by atoms with Crippen LogP contribution < -0.4 is 10.6 Å². The van der Waals surface area contributed by atoms with Crippen LogP contribution in [0, 0.1) is 0 Å². The number of carbonyl (C=O) groups excluding carboxylic acids is 1. The normalized spacial score (nSPS) is 11.0. The zero-order valence-corrected chi connectivity index (χ0v) is 12.0. The van der Waals surface area contributed by atoms with Crippen LogP contribution in [0.2, 0.25) is 0 Å². The average Bonchev–Trinajstić information content (AvgIpc) is 2.31. The van der Waals surface area contributed by atoms with E-state index in [9.17, 15) is 4.79 Å². The predicted octanol–water partition coefficient (Wildman–Crippen LogP) is 0.986. The highest BCUT2D eigenvalue weighted by atomic mass is 16.2. The Morgan fingerprint density at radius 1 is 1.33 bits per heavy atom. The van der Waals surface area contributed by atoms with Crippen molar-refractivity contribution < 1.29 is 4.79 Å². The lowest BCUT2D eigenvalue weighted by Gasteiger charge is -2.13. The number of rotatable bonds is 7. The van der Waals surface area contributed by atoms with Gasteiger partial charge in [-0.25, -0.2) is 4.99 Å². The maximum Gasteiger partial charge on any atom is 0.243 e. The second-order valence-electron chi connectivity index (χ2n) is 4.54. The molecule has 0 aliphatic heterocycles. The van der Waals surface area contributed by atoms with Crippen LogP contribution in [0.3, 0.4) is 0 Å². The van der Waals surface area contributed by atoms with Crippen molar-refractivity contribution in [2.24, 2.45) is 4.99 Å². The van der Waals surface area contributed by atoms with Gasteiger partial charge in [0.2, 0.25) is 5.91 Å². The fraction of sp³-hybridized carbons (Fsp3) is 0.692. The van der Waals surface area contributed by atoms with Gasteiger partial charge < -0.3 is 15.5 Å². The Morgan fingerprint density at radius 3 is 2.50 bits per heavy atom. The molecule has 0 saturated carbocycles. The van der Waals surface area contributed by atoms with Crippen molar-refractivity contribution in [3.63, 3.8) is 0 Å². The number of guanidine groups is 1. The van der Waals surface area contributed by atoms with E-state index < -0.39 is 0 Å². The molecule has 104 valence electrons. The van der Waals surface area contributed by atoms with Crippen molar-refractivity contribution in [2.45, 2.75) is 26.7 Å². The average molecular weight is 254 g/mol. The molecule has 0 atom stereocenters. The van der Waals surface area contributed by atoms with Gasteiger partial charge in [0.15, 0.2) is 5.96 Å². The second-order valence-corrected chi connectivity index (χ2v) is 4.54. The fourth-order valence-electron chi connectivity index (χ4n) is 1.08. The topological polar surface area (TPSA) is 56.7 Å². The summed E-state index contributed by atoms with van der Waals surface area (Å²) >= 11 is 0. The van der Waals surface area contributed by atoms with Crippen LogP contribution in [0.4, 0.5) is 0 Å². The number of likely N-dealkylation sites (N-methyl/N-ethyl adjacent to an activating group) is 1. The highest BCUT2D eigenvalue weighted by molar-refractivity contribution is 5.84. The van der Waals surface area contributed by atoms with E-state index in [-0.39, 0.29) is 12.5 Å². The number of hydrogen-bond donors (Lipinski definition) is 2. The Labute approximate surface area is 110 Å². The molecule has 0 fully saturated rings. The molecule has 0 aromatic rings. The van der Waals surface area contributed by atoms with Crippen molar-refractivity contribution >= 4 is 11.9 Å². The van der Waals surface area contributed by atoms with Gasteiger partial charge in [-0.2, -0.15) is 0 Å². The predicted molar refractivity (Wildman–Crippen MR) is 76.7 cm³/mol. The first-order valence-electron chi connectivity index (χ1n) is 6.34. The lowest BCUT2D eigenvalue weighted by molar-refractivity contribution is -0.127. The van der Waals surface area contributed by atoms with E-state index in [1.54, 1.807) is 14.1 Å². The van der Waals surface area contributed by atoms with Gasteiger partial charge >= 0.3 is 0 Å². The molecule has 2 N–H and O–H groups in total. The van der Waals surface area contributed by atoms with Crippen molar-refractivity contribution in [3.05, 3.63) is 12.2 Å². The number of aliphatic imine (C=N–C) groups is 1.